The molecule has 0 bridgehead atoms. The molecule has 0 aliphatic rings. The number of rotatable bonds is 6. The molecule has 0 aliphatic heterocycles. The summed E-state index contributed by atoms with van der Waals surface area (Å²) in [5.74, 6) is 0.0485. The van der Waals surface area contributed by atoms with Crippen molar-refractivity contribution in [3.05, 3.63) is 28.8 Å². The number of methoxy groups -OCH3 is 1. The molecule has 1 unspecified atom stereocenters. The van der Waals surface area contributed by atoms with Gasteiger partial charge in [0.05, 0.1) is 18.2 Å². The molecule has 1 rings (SSSR count). The molecule has 5 nitrogen and oxygen atoms in total. The van der Waals surface area contributed by atoms with E-state index >= 15 is 0 Å². The Morgan fingerprint density at radius 3 is 2.79 bits per heavy atom. The van der Waals surface area contributed by atoms with E-state index in [-0.39, 0.29) is 12.4 Å². The van der Waals surface area contributed by atoms with E-state index in [2.05, 4.69) is 0 Å². The molecule has 3 N–H and O–H groups in total. The average molecular weight is 286 g/mol. The summed E-state index contributed by atoms with van der Waals surface area (Å²) in [5, 5.41) is 9.48. The molecule has 0 radical (unpaired) electrons. The number of aliphatic hydroxyl groups excluding tert-OH is 1. The molecular weight excluding hydrogens is 270 g/mol. The van der Waals surface area contributed by atoms with Crippen LogP contribution < -0.4 is 15.2 Å². The number of nitrogens with two attached hydrogens (primary N) is 1. The number of ether oxygens (including phenoxy) is 2. The van der Waals surface area contributed by atoms with Crippen LogP contribution >= 0.6 is 11.6 Å². The van der Waals surface area contributed by atoms with Crippen molar-refractivity contribution in [3.63, 3.8) is 0 Å². The first-order valence-corrected chi connectivity index (χ1v) is 5.96. The van der Waals surface area contributed by atoms with E-state index in [1.165, 1.54) is 7.11 Å². The SMILES string of the molecule is COc1cc(/C=C/C(C)O)cc(Cl)c1OCC(N)=O. The lowest BCUT2D eigenvalue weighted by molar-refractivity contribution is -0.119. The van der Waals surface area contributed by atoms with Crippen molar-refractivity contribution in [3.8, 4) is 11.5 Å². The van der Waals surface area contributed by atoms with Crippen molar-refractivity contribution >= 4 is 23.6 Å². The Bertz CT molecular complexity index is 486. The maximum absolute atomic E-state index is 10.7. The van der Waals surface area contributed by atoms with Crippen LogP contribution in [0.1, 0.15) is 12.5 Å². The Balaban J connectivity index is 3.03. The summed E-state index contributed by atoms with van der Waals surface area (Å²) in [5.41, 5.74) is 5.75. The van der Waals surface area contributed by atoms with E-state index in [4.69, 9.17) is 26.8 Å². The minimum Gasteiger partial charge on any atom is -0.493 e. The normalized spacial score (nSPS) is 12.4. The van der Waals surface area contributed by atoms with Crippen LogP contribution in [0.2, 0.25) is 5.02 Å². The van der Waals surface area contributed by atoms with E-state index < -0.39 is 12.0 Å². The molecule has 1 amide bonds. The Labute approximate surface area is 116 Å². The largest absolute Gasteiger partial charge is 0.493 e. The van der Waals surface area contributed by atoms with Gasteiger partial charge in [-0.05, 0) is 24.6 Å². The van der Waals surface area contributed by atoms with Gasteiger partial charge in [0.2, 0.25) is 0 Å². The third kappa shape index (κ3) is 4.81. The number of benzene rings is 1. The molecule has 0 aliphatic carbocycles. The van der Waals surface area contributed by atoms with Crippen LogP contribution in [-0.4, -0.2) is 30.8 Å². The first-order valence-electron chi connectivity index (χ1n) is 5.59. The lowest BCUT2D eigenvalue weighted by Crippen LogP contribution is -2.20. The van der Waals surface area contributed by atoms with Crippen molar-refractivity contribution in [1.82, 2.24) is 0 Å². The highest BCUT2D eigenvalue weighted by Gasteiger charge is 2.12. The number of hydrogen-bond acceptors (Lipinski definition) is 4. The maximum Gasteiger partial charge on any atom is 0.255 e. The fourth-order valence-electron chi connectivity index (χ4n) is 1.37. The third-order valence-electron chi connectivity index (χ3n) is 2.18. The van der Waals surface area contributed by atoms with Crippen molar-refractivity contribution in [2.24, 2.45) is 5.73 Å². The molecule has 0 saturated carbocycles. The second-order valence-corrected chi connectivity index (χ2v) is 4.30. The highest BCUT2D eigenvalue weighted by molar-refractivity contribution is 6.32. The minimum atomic E-state index is -0.601. The lowest BCUT2D eigenvalue weighted by Gasteiger charge is -2.12. The molecule has 6 heteroatoms. The molecule has 1 atom stereocenters. The molecule has 0 aromatic heterocycles. The Kier molecular flexibility index (Phi) is 5.66. The Morgan fingerprint density at radius 1 is 1.58 bits per heavy atom. The van der Waals surface area contributed by atoms with Gasteiger partial charge in [-0.1, -0.05) is 23.8 Å². The summed E-state index contributed by atoms with van der Waals surface area (Å²) >= 11 is 6.06. The van der Waals surface area contributed by atoms with Gasteiger partial charge in [-0.25, -0.2) is 0 Å². The highest BCUT2D eigenvalue weighted by atomic mass is 35.5. The highest BCUT2D eigenvalue weighted by Crippen LogP contribution is 2.36. The summed E-state index contributed by atoms with van der Waals surface area (Å²) < 4.78 is 10.3. The van der Waals surface area contributed by atoms with Gasteiger partial charge in [0.25, 0.3) is 5.91 Å². The van der Waals surface area contributed by atoms with E-state index in [0.29, 0.717) is 10.8 Å². The van der Waals surface area contributed by atoms with Crippen LogP contribution in [0, 0.1) is 0 Å². The number of amides is 1. The van der Waals surface area contributed by atoms with Gasteiger partial charge in [-0.3, -0.25) is 4.79 Å². The zero-order valence-corrected chi connectivity index (χ0v) is 11.5. The van der Waals surface area contributed by atoms with Crippen molar-refractivity contribution in [1.29, 1.82) is 0 Å². The first-order chi connectivity index (χ1) is 8.93. The fraction of sp³-hybridized carbons (Fsp3) is 0.308. The molecule has 104 valence electrons. The predicted molar refractivity (Wildman–Crippen MR) is 73.4 cm³/mol. The van der Waals surface area contributed by atoms with Crippen LogP contribution in [0.3, 0.4) is 0 Å². The van der Waals surface area contributed by atoms with Crippen LogP contribution in [0.4, 0.5) is 0 Å². The Hall–Kier alpha value is -1.72. The quantitative estimate of drug-likeness (QED) is 0.832. The topological polar surface area (TPSA) is 81.8 Å². The van der Waals surface area contributed by atoms with Gasteiger partial charge in [0.15, 0.2) is 18.1 Å². The molecular formula is C13H16ClNO4. The molecule has 0 spiro atoms. The van der Waals surface area contributed by atoms with Crippen molar-refractivity contribution in [2.45, 2.75) is 13.0 Å². The summed E-state index contributed by atoms with van der Waals surface area (Å²) in [7, 11) is 1.46. The van der Waals surface area contributed by atoms with Gasteiger partial charge in [0, 0.05) is 0 Å². The second-order valence-electron chi connectivity index (χ2n) is 3.89. The van der Waals surface area contributed by atoms with E-state index in [0.717, 1.165) is 5.56 Å². The molecule has 19 heavy (non-hydrogen) atoms. The van der Waals surface area contributed by atoms with Crippen LogP contribution in [0.25, 0.3) is 6.08 Å². The van der Waals surface area contributed by atoms with Gasteiger partial charge in [0.1, 0.15) is 0 Å². The maximum atomic E-state index is 10.7. The van der Waals surface area contributed by atoms with Crippen LogP contribution in [-0.2, 0) is 4.79 Å². The Morgan fingerprint density at radius 2 is 2.26 bits per heavy atom. The van der Waals surface area contributed by atoms with Gasteiger partial charge in [-0.2, -0.15) is 0 Å². The molecule has 0 saturated heterocycles. The summed E-state index contributed by atoms with van der Waals surface area (Å²) in [6, 6.07) is 3.32. The minimum absolute atomic E-state index is 0.261. The van der Waals surface area contributed by atoms with E-state index in [9.17, 15) is 9.90 Å². The third-order valence-corrected chi connectivity index (χ3v) is 2.46. The standard InChI is InChI=1S/C13H16ClNO4/c1-8(16)3-4-9-5-10(14)13(11(6-9)18-2)19-7-12(15)17/h3-6,8,16H,7H2,1-2H3,(H2,15,17)/b4-3+. The molecule has 1 aromatic rings. The second kappa shape index (κ2) is 7.01. The van der Waals surface area contributed by atoms with E-state index in [1.807, 2.05) is 0 Å². The zero-order valence-electron chi connectivity index (χ0n) is 10.7. The van der Waals surface area contributed by atoms with Crippen LogP contribution in [0.15, 0.2) is 18.2 Å². The smallest absolute Gasteiger partial charge is 0.255 e. The van der Waals surface area contributed by atoms with E-state index in [1.54, 1.807) is 31.2 Å². The number of hydrogen-bond donors (Lipinski definition) is 2. The number of carbonyl (C=O) groups is 1. The molecule has 1 aromatic carbocycles. The zero-order chi connectivity index (χ0) is 14.4. The van der Waals surface area contributed by atoms with Gasteiger partial charge >= 0.3 is 0 Å². The van der Waals surface area contributed by atoms with Crippen LogP contribution in [0.5, 0.6) is 11.5 Å². The average Bonchev–Trinajstić information content (AvgIpc) is 2.34. The van der Waals surface area contributed by atoms with Crippen molar-refractivity contribution < 1.29 is 19.4 Å². The lowest BCUT2D eigenvalue weighted by atomic mass is 10.1. The number of halogens is 1. The fourth-order valence-corrected chi connectivity index (χ4v) is 1.64. The summed E-state index contributed by atoms with van der Waals surface area (Å²) in [6.45, 7) is 1.36. The number of aliphatic hydroxyl groups is 1. The summed E-state index contributed by atoms with van der Waals surface area (Å²) in [6.07, 6.45) is 2.75. The van der Waals surface area contributed by atoms with Crippen molar-refractivity contribution in [2.75, 3.05) is 13.7 Å². The number of carbonyl (C=O) groups excluding carboxylic acids is 1. The monoisotopic (exact) mass is 285 g/mol. The number of primary amides is 1. The predicted octanol–water partition coefficient (Wildman–Crippen LogP) is 1.61. The first kappa shape index (κ1) is 15.3. The van der Waals surface area contributed by atoms with Gasteiger partial charge in [-0.15, -0.1) is 0 Å². The molecule has 0 heterocycles. The van der Waals surface area contributed by atoms with Gasteiger partial charge < -0.3 is 20.3 Å². The molecule has 0 fully saturated rings. The summed E-state index contributed by atoms with van der Waals surface area (Å²) in [4.78, 5) is 10.7.